The van der Waals surface area contributed by atoms with E-state index in [4.69, 9.17) is 9.84 Å². The van der Waals surface area contributed by atoms with E-state index in [-0.39, 0.29) is 5.75 Å². The van der Waals surface area contributed by atoms with Crippen LogP contribution in [-0.4, -0.2) is 11.1 Å². The lowest BCUT2D eigenvalue weighted by atomic mass is 10.1. The Balaban J connectivity index is 2.22. The lowest BCUT2D eigenvalue weighted by Crippen LogP contribution is -1.91. The lowest BCUT2D eigenvalue weighted by molar-refractivity contribution is -0.131. The summed E-state index contributed by atoms with van der Waals surface area (Å²) < 4.78 is 19.0. The Kier molecular flexibility index (Phi) is 4.15. The summed E-state index contributed by atoms with van der Waals surface area (Å²) in [7, 11) is 0. The molecule has 0 atom stereocenters. The number of aryl methyl sites for hydroxylation is 1. The number of carboxylic acid groups (broad SMARTS) is 1. The van der Waals surface area contributed by atoms with Gasteiger partial charge in [0.2, 0.25) is 0 Å². The van der Waals surface area contributed by atoms with Gasteiger partial charge in [-0.15, -0.1) is 0 Å². The summed E-state index contributed by atoms with van der Waals surface area (Å²) in [6, 6.07) is 11.3. The van der Waals surface area contributed by atoms with Gasteiger partial charge in [-0.05, 0) is 48.4 Å². The predicted octanol–water partition coefficient (Wildman–Crippen LogP) is 4.02. The minimum atomic E-state index is -1.01. The van der Waals surface area contributed by atoms with E-state index in [9.17, 15) is 9.18 Å². The summed E-state index contributed by atoms with van der Waals surface area (Å²) in [5, 5.41) is 8.57. The van der Waals surface area contributed by atoms with Crippen molar-refractivity contribution in [1.29, 1.82) is 0 Å². The lowest BCUT2D eigenvalue weighted by Gasteiger charge is -2.09. The molecule has 0 saturated heterocycles. The first-order chi connectivity index (χ1) is 9.56. The number of ether oxygens (including phenoxy) is 1. The van der Waals surface area contributed by atoms with Crippen molar-refractivity contribution in [2.24, 2.45) is 0 Å². The van der Waals surface area contributed by atoms with Gasteiger partial charge >= 0.3 is 5.97 Å². The molecule has 102 valence electrons. The fourth-order valence-electron chi connectivity index (χ4n) is 1.70. The number of hydrogen-bond donors (Lipinski definition) is 1. The minimum absolute atomic E-state index is 0.157. The summed E-state index contributed by atoms with van der Waals surface area (Å²) >= 11 is 0. The highest BCUT2D eigenvalue weighted by atomic mass is 19.1. The second-order valence-corrected chi connectivity index (χ2v) is 4.23. The van der Waals surface area contributed by atoms with Gasteiger partial charge in [-0.25, -0.2) is 9.18 Å². The molecule has 0 bridgehead atoms. The van der Waals surface area contributed by atoms with Gasteiger partial charge in [-0.2, -0.15) is 0 Å². The highest BCUT2D eigenvalue weighted by molar-refractivity contribution is 5.85. The van der Waals surface area contributed by atoms with E-state index in [1.807, 2.05) is 6.92 Å². The number of carbonyl (C=O) groups is 1. The van der Waals surface area contributed by atoms with E-state index in [0.29, 0.717) is 5.75 Å². The molecule has 0 fully saturated rings. The molecule has 20 heavy (non-hydrogen) atoms. The van der Waals surface area contributed by atoms with Crippen LogP contribution in [0.3, 0.4) is 0 Å². The van der Waals surface area contributed by atoms with Crippen molar-refractivity contribution < 1.29 is 19.0 Å². The summed E-state index contributed by atoms with van der Waals surface area (Å²) in [5.41, 5.74) is 1.53. The standard InChI is InChI=1S/C16H13FO3/c1-11-10-12(7-9-16(18)19)6-8-14(11)20-15-5-3-2-4-13(15)17/h2-10H,1H3,(H,18,19). The molecule has 0 aliphatic carbocycles. The van der Waals surface area contributed by atoms with Crippen LogP contribution < -0.4 is 4.74 Å². The molecule has 0 heterocycles. The van der Waals surface area contributed by atoms with Crippen LogP contribution in [0.1, 0.15) is 11.1 Å². The van der Waals surface area contributed by atoms with Crippen molar-refractivity contribution in [3.8, 4) is 11.5 Å². The number of para-hydroxylation sites is 1. The highest BCUT2D eigenvalue weighted by Crippen LogP contribution is 2.27. The van der Waals surface area contributed by atoms with Gasteiger partial charge in [0.15, 0.2) is 11.6 Å². The molecule has 0 saturated carbocycles. The SMILES string of the molecule is Cc1cc(C=CC(=O)O)ccc1Oc1ccccc1F. The van der Waals surface area contributed by atoms with Gasteiger partial charge in [0.05, 0.1) is 0 Å². The Morgan fingerprint density at radius 2 is 1.95 bits per heavy atom. The van der Waals surface area contributed by atoms with Crippen molar-refractivity contribution in [3.63, 3.8) is 0 Å². The fourth-order valence-corrected chi connectivity index (χ4v) is 1.70. The molecule has 2 rings (SSSR count). The Hall–Kier alpha value is -2.62. The monoisotopic (exact) mass is 272 g/mol. The van der Waals surface area contributed by atoms with Crippen LogP contribution in [-0.2, 0) is 4.79 Å². The third-order valence-electron chi connectivity index (χ3n) is 2.67. The Bertz CT molecular complexity index is 663. The number of hydrogen-bond acceptors (Lipinski definition) is 2. The molecule has 3 nitrogen and oxygen atoms in total. The molecule has 2 aromatic carbocycles. The van der Waals surface area contributed by atoms with E-state index in [1.54, 1.807) is 36.4 Å². The maximum atomic E-state index is 13.5. The van der Waals surface area contributed by atoms with Gasteiger partial charge in [0, 0.05) is 6.08 Å². The van der Waals surface area contributed by atoms with Crippen LogP contribution in [0.25, 0.3) is 6.08 Å². The highest BCUT2D eigenvalue weighted by Gasteiger charge is 2.06. The maximum absolute atomic E-state index is 13.5. The molecule has 0 aromatic heterocycles. The topological polar surface area (TPSA) is 46.5 Å². The van der Waals surface area contributed by atoms with Crippen molar-refractivity contribution in [3.05, 3.63) is 65.5 Å². The normalized spacial score (nSPS) is 10.7. The molecule has 0 radical (unpaired) electrons. The van der Waals surface area contributed by atoms with Crippen LogP contribution >= 0.6 is 0 Å². The molecule has 0 spiro atoms. The first kappa shape index (κ1) is 13.8. The zero-order chi connectivity index (χ0) is 14.5. The van der Waals surface area contributed by atoms with Crippen LogP contribution in [0.5, 0.6) is 11.5 Å². The molecule has 0 amide bonds. The van der Waals surface area contributed by atoms with Crippen LogP contribution in [0.2, 0.25) is 0 Å². The molecule has 2 aromatic rings. The van der Waals surface area contributed by atoms with Crippen molar-refractivity contribution in [2.45, 2.75) is 6.92 Å². The zero-order valence-corrected chi connectivity index (χ0v) is 10.8. The summed E-state index contributed by atoms with van der Waals surface area (Å²) in [6.07, 6.45) is 2.55. The number of halogens is 1. The summed E-state index contributed by atoms with van der Waals surface area (Å²) in [6.45, 7) is 1.81. The van der Waals surface area contributed by atoms with E-state index in [1.165, 1.54) is 12.1 Å². The molecule has 0 aliphatic heterocycles. The summed E-state index contributed by atoms with van der Waals surface area (Å²) in [5.74, 6) is -0.747. The third-order valence-corrected chi connectivity index (χ3v) is 2.67. The molecular weight excluding hydrogens is 259 g/mol. The Morgan fingerprint density at radius 1 is 1.20 bits per heavy atom. The van der Waals surface area contributed by atoms with E-state index >= 15 is 0 Å². The van der Waals surface area contributed by atoms with E-state index < -0.39 is 11.8 Å². The largest absolute Gasteiger partial charge is 0.478 e. The van der Waals surface area contributed by atoms with Gasteiger partial charge in [-0.1, -0.05) is 18.2 Å². The van der Waals surface area contributed by atoms with Crippen LogP contribution in [0, 0.1) is 12.7 Å². The second-order valence-electron chi connectivity index (χ2n) is 4.23. The first-order valence-electron chi connectivity index (χ1n) is 6.00. The quantitative estimate of drug-likeness (QED) is 0.855. The number of carboxylic acids is 1. The average Bonchev–Trinajstić information content (AvgIpc) is 2.41. The minimum Gasteiger partial charge on any atom is -0.478 e. The van der Waals surface area contributed by atoms with Crippen LogP contribution in [0.15, 0.2) is 48.5 Å². The third kappa shape index (κ3) is 3.45. The van der Waals surface area contributed by atoms with Gasteiger partial charge in [0.25, 0.3) is 0 Å². The average molecular weight is 272 g/mol. The Labute approximate surface area is 115 Å². The van der Waals surface area contributed by atoms with Gasteiger partial charge < -0.3 is 9.84 Å². The summed E-state index contributed by atoms with van der Waals surface area (Å²) in [4.78, 5) is 10.4. The van der Waals surface area contributed by atoms with Crippen molar-refractivity contribution >= 4 is 12.0 Å². The van der Waals surface area contributed by atoms with Gasteiger partial charge in [-0.3, -0.25) is 0 Å². The van der Waals surface area contributed by atoms with E-state index in [2.05, 4.69) is 0 Å². The van der Waals surface area contributed by atoms with Gasteiger partial charge in [0.1, 0.15) is 5.75 Å². The maximum Gasteiger partial charge on any atom is 0.328 e. The Morgan fingerprint density at radius 3 is 2.60 bits per heavy atom. The smallest absolute Gasteiger partial charge is 0.328 e. The van der Waals surface area contributed by atoms with E-state index in [0.717, 1.165) is 17.2 Å². The van der Waals surface area contributed by atoms with Crippen molar-refractivity contribution in [2.75, 3.05) is 0 Å². The fraction of sp³-hybridized carbons (Fsp3) is 0.0625. The molecule has 0 aliphatic rings. The molecule has 1 N–H and O–H groups in total. The zero-order valence-electron chi connectivity index (χ0n) is 10.8. The molecule has 0 unspecified atom stereocenters. The first-order valence-corrected chi connectivity index (χ1v) is 6.00. The number of aliphatic carboxylic acids is 1. The second kappa shape index (κ2) is 6.02. The number of benzene rings is 2. The van der Waals surface area contributed by atoms with Crippen molar-refractivity contribution in [1.82, 2.24) is 0 Å². The number of rotatable bonds is 4. The molecule has 4 heteroatoms. The molecular formula is C16H13FO3. The van der Waals surface area contributed by atoms with Crippen LogP contribution in [0.4, 0.5) is 4.39 Å². The predicted molar refractivity (Wildman–Crippen MR) is 74.3 cm³/mol.